The van der Waals surface area contributed by atoms with Crippen molar-refractivity contribution in [2.75, 3.05) is 0 Å². The summed E-state index contributed by atoms with van der Waals surface area (Å²) in [6, 6.07) is 14.4. The molecule has 2 aromatic carbocycles. The summed E-state index contributed by atoms with van der Waals surface area (Å²) >= 11 is 0. The Hall–Kier alpha value is -2.81. The second-order valence-corrected chi connectivity index (χ2v) is 8.97. The summed E-state index contributed by atoms with van der Waals surface area (Å²) in [6.07, 6.45) is -4.75. The van der Waals surface area contributed by atoms with Crippen LogP contribution in [0.25, 0.3) is 5.69 Å². The molecule has 0 aliphatic carbocycles. The summed E-state index contributed by atoms with van der Waals surface area (Å²) in [5.41, 5.74) is -0.299. The Bertz CT molecular complexity index is 1100. The molecule has 0 aliphatic heterocycles. The molecular formula is C20H19F3N2O3S. The lowest BCUT2D eigenvalue weighted by Gasteiger charge is -2.19. The fourth-order valence-electron chi connectivity index (χ4n) is 2.60. The Kier molecular flexibility index (Phi) is 5.20. The van der Waals surface area contributed by atoms with Gasteiger partial charge in [0.2, 0.25) is 5.88 Å². The Morgan fingerprint density at radius 3 is 2.03 bits per heavy atom. The van der Waals surface area contributed by atoms with Crippen LogP contribution in [0, 0.1) is 0 Å². The molecule has 0 atom stereocenters. The molecule has 1 heterocycles. The average molecular weight is 424 g/mol. The van der Waals surface area contributed by atoms with E-state index in [1.807, 2.05) is 20.8 Å². The van der Waals surface area contributed by atoms with Crippen LogP contribution in [0.1, 0.15) is 32.0 Å². The molecule has 154 valence electrons. The van der Waals surface area contributed by atoms with Gasteiger partial charge in [-0.3, -0.25) is 0 Å². The highest BCUT2D eigenvalue weighted by Gasteiger charge is 2.36. The predicted octanol–water partition coefficient (Wildman–Crippen LogP) is 4.96. The molecule has 0 bridgehead atoms. The number of hydrogen-bond acceptors (Lipinski definition) is 4. The third-order valence-corrected chi connectivity index (χ3v) is 5.41. The molecule has 0 radical (unpaired) electrons. The SMILES string of the molecule is CC(C)(C)c1ccc(S(=O)(=O)Oc2cc(C(F)(F)F)nn2-c2ccccc2)cc1. The molecular weight excluding hydrogens is 405 g/mol. The number of aromatic nitrogens is 2. The monoisotopic (exact) mass is 424 g/mol. The van der Waals surface area contributed by atoms with Crippen molar-refractivity contribution in [2.45, 2.75) is 37.3 Å². The molecule has 0 saturated heterocycles. The van der Waals surface area contributed by atoms with E-state index in [0.717, 1.165) is 10.2 Å². The average Bonchev–Trinajstić information content (AvgIpc) is 3.05. The number of nitrogens with zero attached hydrogens (tertiary/aromatic N) is 2. The highest BCUT2D eigenvalue weighted by Crippen LogP contribution is 2.33. The van der Waals surface area contributed by atoms with E-state index in [0.29, 0.717) is 6.07 Å². The Morgan fingerprint density at radius 1 is 0.931 bits per heavy atom. The molecule has 29 heavy (non-hydrogen) atoms. The topological polar surface area (TPSA) is 61.2 Å². The molecule has 5 nitrogen and oxygen atoms in total. The van der Waals surface area contributed by atoms with Crippen LogP contribution in [0.2, 0.25) is 0 Å². The van der Waals surface area contributed by atoms with Gasteiger partial charge in [0.1, 0.15) is 4.90 Å². The zero-order valence-corrected chi connectivity index (χ0v) is 16.8. The van der Waals surface area contributed by atoms with E-state index in [1.54, 1.807) is 30.3 Å². The van der Waals surface area contributed by atoms with Gasteiger partial charge >= 0.3 is 16.3 Å². The molecule has 0 spiro atoms. The number of hydrogen-bond donors (Lipinski definition) is 0. The molecule has 1 aromatic heterocycles. The quantitative estimate of drug-likeness (QED) is 0.556. The van der Waals surface area contributed by atoms with E-state index in [1.165, 1.54) is 24.3 Å². The normalized spacial score (nSPS) is 12.8. The van der Waals surface area contributed by atoms with Gasteiger partial charge in [0, 0.05) is 6.07 Å². The van der Waals surface area contributed by atoms with E-state index >= 15 is 0 Å². The van der Waals surface area contributed by atoms with Crippen molar-refractivity contribution < 1.29 is 25.8 Å². The van der Waals surface area contributed by atoms with E-state index in [9.17, 15) is 21.6 Å². The van der Waals surface area contributed by atoms with Crippen LogP contribution in [0.5, 0.6) is 5.88 Å². The van der Waals surface area contributed by atoms with Gasteiger partial charge in [0.05, 0.1) is 5.69 Å². The van der Waals surface area contributed by atoms with Crippen LogP contribution in [0.15, 0.2) is 65.6 Å². The standard InChI is InChI=1S/C20H19F3N2O3S/c1-19(2,3)14-9-11-16(12-10-14)29(26,27)28-18-13-17(20(21,22)23)24-25(18)15-7-5-4-6-8-15/h4-13H,1-3H3. The summed E-state index contributed by atoms with van der Waals surface area (Å²) in [7, 11) is -4.37. The lowest BCUT2D eigenvalue weighted by Crippen LogP contribution is -2.14. The molecule has 3 rings (SSSR count). The summed E-state index contributed by atoms with van der Waals surface area (Å²) in [4.78, 5) is -0.167. The van der Waals surface area contributed by atoms with Crippen molar-refractivity contribution >= 4 is 10.1 Å². The first-order chi connectivity index (χ1) is 13.4. The van der Waals surface area contributed by atoms with Crippen molar-refractivity contribution in [3.8, 4) is 11.6 Å². The first kappa shape index (κ1) is 20.9. The smallest absolute Gasteiger partial charge is 0.358 e. The van der Waals surface area contributed by atoms with E-state index in [-0.39, 0.29) is 16.0 Å². The van der Waals surface area contributed by atoms with Crippen molar-refractivity contribution in [1.82, 2.24) is 9.78 Å². The van der Waals surface area contributed by atoms with Gasteiger partial charge in [0.15, 0.2) is 5.69 Å². The molecule has 0 fully saturated rings. The van der Waals surface area contributed by atoms with Gasteiger partial charge in [0.25, 0.3) is 0 Å². The second-order valence-electron chi connectivity index (χ2n) is 7.42. The van der Waals surface area contributed by atoms with Gasteiger partial charge in [-0.05, 0) is 35.2 Å². The summed E-state index contributed by atoms with van der Waals surface area (Å²) in [5.74, 6) is -0.552. The molecule has 0 amide bonds. The molecule has 0 unspecified atom stereocenters. The van der Waals surface area contributed by atoms with Crippen molar-refractivity contribution in [1.29, 1.82) is 0 Å². The van der Waals surface area contributed by atoms with Crippen LogP contribution >= 0.6 is 0 Å². The second kappa shape index (κ2) is 7.22. The highest BCUT2D eigenvalue weighted by atomic mass is 32.2. The van der Waals surface area contributed by atoms with Crippen LogP contribution in [0.3, 0.4) is 0 Å². The number of alkyl halides is 3. The number of rotatable bonds is 4. The maximum atomic E-state index is 13.1. The molecule has 0 aliphatic rings. The van der Waals surface area contributed by atoms with Crippen molar-refractivity contribution in [2.24, 2.45) is 0 Å². The number of para-hydroxylation sites is 1. The lowest BCUT2D eigenvalue weighted by molar-refractivity contribution is -0.141. The van der Waals surface area contributed by atoms with E-state index < -0.39 is 27.9 Å². The number of benzene rings is 2. The minimum absolute atomic E-state index is 0.167. The number of halogens is 3. The first-order valence-electron chi connectivity index (χ1n) is 8.66. The minimum atomic E-state index is -4.75. The summed E-state index contributed by atoms with van der Waals surface area (Å²) in [6.45, 7) is 5.93. The first-order valence-corrected chi connectivity index (χ1v) is 10.1. The fourth-order valence-corrected chi connectivity index (χ4v) is 3.51. The van der Waals surface area contributed by atoms with Crippen molar-refractivity contribution in [3.63, 3.8) is 0 Å². The van der Waals surface area contributed by atoms with E-state index in [4.69, 9.17) is 4.18 Å². The van der Waals surface area contributed by atoms with E-state index in [2.05, 4.69) is 5.10 Å². The summed E-state index contributed by atoms with van der Waals surface area (Å²) < 4.78 is 70.6. The zero-order valence-electron chi connectivity index (χ0n) is 15.9. The Labute approximate surface area is 166 Å². The summed E-state index contributed by atoms with van der Waals surface area (Å²) in [5, 5.41) is 3.48. The van der Waals surface area contributed by atoms with Gasteiger partial charge in [-0.25, -0.2) is 0 Å². The maximum Gasteiger partial charge on any atom is 0.435 e. The van der Waals surface area contributed by atoms with Gasteiger partial charge in [-0.2, -0.15) is 31.4 Å². The lowest BCUT2D eigenvalue weighted by atomic mass is 9.87. The van der Waals surface area contributed by atoms with Gasteiger partial charge in [-0.15, -0.1) is 0 Å². The molecule has 9 heteroatoms. The van der Waals surface area contributed by atoms with Gasteiger partial charge < -0.3 is 4.18 Å². The van der Waals surface area contributed by atoms with Crippen LogP contribution in [-0.4, -0.2) is 18.2 Å². The third-order valence-electron chi connectivity index (χ3n) is 4.17. The molecule has 0 N–H and O–H groups in total. The zero-order chi connectivity index (χ0) is 21.4. The van der Waals surface area contributed by atoms with Crippen molar-refractivity contribution in [3.05, 3.63) is 71.9 Å². The van der Waals surface area contributed by atoms with Gasteiger partial charge in [-0.1, -0.05) is 51.1 Å². The third kappa shape index (κ3) is 4.61. The highest BCUT2D eigenvalue weighted by molar-refractivity contribution is 7.87. The Morgan fingerprint density at radius 2 is 1.52 bits per heavy atom. The predicted molar refractivity (Wildman–Crippen MR) is 102 cm³/mol. The molecule has 0 saturated carbocycles. The van der Waals surface area contributed by atoms with Crippen LogP contribution in [0.4, 0.5) is 13.2 Å². The Balaban J connectivity index is 2.01. The minimum Gasteiger partial charge on any atom is -0.358 e. The maximum absolute atomic E-state index is 13.1. The van der Waals surface area contributed by atoms with Crippen LogP contribution < -0.4 is 4.18 Å². The largest absolute Gasteiger partial charge is 0.435 e. The molecule has 3 aromatic rings. The van der Waals surface area contributed by atoms with Crippen LogP contribution in [-0.2, 0) is 21.7 Å². The fraction of sp³-hybridized carbons (Fsp3) is 0.250.